The van der Waals surface area contributed by atoms with Crippen LogP contribution in [0, 0.1) is 5.92 Å². The highest BCUT2D eigenvalue weighted by Crippen LogP contribution is 1.99. The van der Waals surface area contributed by atoms with Crippen LogP contribution in [-0.4, -0.2) is 10.9 Å². The summed E-state index contributed by atoms with van der Waals surface area (Å²) in [5.41, 5.74) is 6.43. The van der Waals surface area contributed by atoms with E-state index in [1.807, 2.05) is 30.3 Å². The van der Waals surface area contributed by atoms with Crippen LogP contribution in [0.2, 0.25) is 0 Å². The zero-order chi connectivity index (χ0) is 11.3. The number of benzene rings is 1. The lowest BCUT2D eigenvalue weighted by molar-refractivity contribution is -0.122. The Bertz CT molecular complexity index is 351. The fourth-order valence-electron chi connectivity index (χ4n) is 1.07. The van der Waals surface area contributed by atoms with E-state index in [-0.39, 0.29) is 10.9 Å². The number of carbonyl (C=O) groups excluding carboxylic acids is 1. The van der Waals surface area contributed by atoms with Crippen molar-refractivity contribution in [3.63, 3.8) is 0 Å². The maximum atomic E-state index is 11.5. The number of carbonyl (C=O) groups is 1. The second kappa shape index (κ2) is 5.46. The molecule has 0 aliphatic heterocycles. The molecule has 0 spiro atoms. The smallest absolute Gasteiger partial charge is 0.229 e. The van der Waals surface area contributed by atoms with Gasteiger partial charge in [0.15, 0.2) is 0 Å². The van der Waals surface area contributed by atoms with Gasteiger partial charge in [-0.1, -0.05) is 42.5 Å². The van der Waals surface area contributed by atoms with Crippen LogP contribution in [-0.2, 0) is 11.3 Å². The van der Waals surface area contributed by atoms with Crippen LogP contribution in [0.25, 0.3) is 0 Å². The van der Waals surface area contributed by atoms with Crippen molar-refractivity contribution in [2.45, 2.75) is 13.5 Å². The van der Waals surface area contributed by atoms with Gasteiger partial charge in [-0.2, -0.15) is 0 Å². The number of nitrogens with two attached hydrogens (primary N) is 1. The number of thiocarbonyl (C=S) groups is 1. The van der Waals surface area contributed by atoms with Crippen molar-refractivity contribution in [1.29, 1.82) is 0 Å². The Balaban J connectivity index is 2.44. The van der Waals surface area contributed by atoms with Crippen LogP contribution in [0.5, 0.6) is 0 Å². The van der Waals surface area contributed by atoms with Gasteiger partial charge in [0.2, 0.25) is 5.91 Å². The molecule has 1 amide bonds. The first-order chi connectivity index (χ1) is 7.11. The summed E-state index contributed by atoms with van der Waals surface area (Å²) in [5, 5.41) is 2.77. The lowest BCUT2D eigenvalue weighted by atomic mass is 10.1. The van der Waals surface area contributed by atoms with E-state index in [0.29, 0.717) is 6.54 Å². The molecule has 1 rings (SSSR count). The molecule has 0 radical (unpaired) electrons. The quantitative estimate of drug-likeness (QED) is 0.753. The lowest BCUT2D eigenvalue weighted by Crippen LogP contribution is -2.35. The van der Waals surface area contributed by atoms with Crippen molar-refractivity contribution in [2.24, 2.45) is 11.7 Å². The van der Waals surface area contributed by atoms with Crippen molar-refractivity contribution >= 4 is 23.1 Å². The highest BCUT2D eigenvalue weighted by molar-refractivity contribution is 7.80. The Hall–Kier alpha value is -1.42. The maximum Gasteiger partial charge on any atom is 0.229 e. The Labute approximate surface area is 94.7 Å². The lowest BCUT2D eigenvalue weighted by Gasteiger charge is -2.10. The second-order valence-corrected chi connectivity index (χ2v) is 3.80. The van der Waals surface area contributed by atoms with E-state index in [1.165, 1.54) is 0 Å². The zero-order valence-electron chi connectivity index (χ0n) is 8.57. The number of amides is 1. The Morgan fingerprint density at radius 1 is 1.47 bits per heavy atom. The van der Waals surface area contributed by atoms with Gasteiger partial charge in [-0.3, -0.25) is 4.79 Å². The average molecular weight is 222 g/mol. The molecule has 0 aliphatic carbocycles. The molecule has 0 saturated carbocycles. The van der Waals surface area contributed by atoms with E-state index in [4.69, 9.17) is 18.0 Å². The summed E-state index contributed by atoms with van der Waals surface area (Å²) in [6.07, 6.45) is 0. The first kappa shape index (κ1) is 11.7. The van der Waals surface area contributed by atoms with Gasteiger partial charge in [-0.25, -0.2) is 0 Å². The zero-order valence-corrected chi connectivity index (χ0v) is 9.38. The molecule has 1 atom stereocenters. The van der Waals surface area contributed by atoms with E-state index >= 15 is 0 Å². The topological polar surface area (TPSA) is 55.1 Å². The first-order valence-electron chi connectivity index (χ1n) is 4.72. The van der Waals surface area contributed by atoms with Crippen molar-refractivity contribution in [2.75, 3.05) is 0 Å². The third-order valence-electron chi connectivity index (χ3n) is 2.13. The SMILES string of the molecule is CC(C(=O)NCc1ccccc1)C(N)=S. The normalized spacial score (nSPS) is 11.8. The van der Waals surface area contributed by atoms with Crippen LogP contribution < -0.4 is 11.1 Å². The first-order valence-corrected chi connectivity index (χ1v) is 5.13. The standard InChI is InChI=1S/C11H14N2OS/c1-8(10(12)15)11(14)13-7-9-5-3-2-4-6-9/h2-6,8H,7H2,1H3,(H2,12,15)(H,13,14). The van der Waals surface area contributed by atoms with Crippen molar-refractivity contribution in [3.8, 4) is 0 Å². The van der Waals surface area contributed by atoms with Gasteiger partial charge in [-0.05, 0) is 12.5 Å². The minimum atomic E-state index is -0.413. The molecule has 1 unspecified atom stereocenters. The number of rotatable bonds is 4. The number of hydrogen-bond acceptors (Lipinski definition) is 2. The Kier molecular flexibility index (Phi) is 4.24. The summed E-state index contributed by atoms with van der Waals surface area (Å²) in [4.78, 5) is 11.7. The Morgan fingerprint density at radius 3 is 2.60 bits per heavy atom. The summed E-state index contributed by atoms with van der Waals surface area (Å²) in [6.45, 7) is 2.20. The minimum absolute atomic E-state index is 0.133. The molecule has 0 heterocycles. The molecule has 0 fully saturated rings. The van der Waals surface area contributed by atoms with Crippen LogP contribution in [0.1, 0.15) is 12.5 Å². The van der Waals surface area contributed by atoms with Crippen molar-refractivity contribution < 1.29 is 4.79 Å². The molecule has 1 aromatic carbocycles. The van der Waals surface area contributed by atoms with Gasteiger partial charge in [0.05, 0.1) is 10.9 Å². The number of nitrogens with one attached hydrogen (secondary N) is 1. The summed E-state index contributed by atoms with van der Waals surface area (Å²) in [6, 6.07) is 9.69. The molecule has 4 heteroatoms. The highest BCUT2D eigenvalue weighted by Gasteiger charge is 2.14. The second-order valence-electron chi connectivity index (χ2n) is 3.33. The molecule has 3 nitrogen and oxygen atoms in total. The van der Waals surface area contributed by atoms with Crippen LogP contribution in [0.15, 0.2) is 30.3 Å². The fourth-order valence-corrected chi connectivity index (χ4v) is 1.17. The number of hydrogen-bond donors (Lipinski definition) is 2. The highest BCUT2D eigenvalue weighted by atomic mass is 32.1. The van der Waals surface area contributed by atoms with Gasteiger partial charge >= 0.3 is 0 Å². The summed E-state index contributed by atoms with van der Waals surface area (Å²) in [7, 11) is 0. The van der Waals surface area contributed by atoms with Gasteiger partial charge in [0, 0.05) is 6.54 Å². The van der Waals surface area contributed by atoms with E-state index in [9.17, 15) is 4.79 Å². The Morgan fingerprint density at radius 2 is 2.07 bits per heavy atom. The molecular weight excluding hydrogens is 208 g/mol. The van der Waals surface area contributed by atoms with E-state index < -0.39 is 5.92 Å². The average Bonchev–Trinajstić information content (AvgIpc) is 2.26. The van der Waals surface area contributed by atoms with Crippen LogP contribution in [0.4, 0.5) is 0 Å². The fraction of sp³-hybridized carbons (Fsp3) is 0.273. The molecule has 1 aromatic rings. The molecule has 15 heavy (non-hydrogen) atoms. The molecule has 80 valence electrons. The molecule has 0 aliphatic rings. The third kappa shape index (κ3) is 3.67. The minimum Gasteiger partial charge on any atom is -0.393 e. The van der Waals surface area contributed by atoms with Gasteiger partial charge in [-0.15, -0.1) is 0 Å². The predicted molar refractivity (Wildman–Crippen MR) is 64.2 cm³/mol. The summed E-state index contributed by atoms with van der Waals surface area (Å²) < 4.78 is 0. The van der Waals surface area contributed by atoms with E-state index in [0.717, 1.165) is 5.56 Å². The van der Waals surface area contributed by atoms with E-state index in [1.54, 1.807) is 6.92 Å². The largest absolute Gasteiger partial charge is 0.393 e. The monoisotopic (exact) mass is 222 g/mol. The van der Waals surface area contributed by atoms with Gasteiger partial charge < -0.3 is 11.1 Å². The van der Waals surface area contributed by atoms with E-state index in [2.05, 4.69) is 5.32 Å². The van der Waals surface area contributed by atoms with Crippen molar-refractivity contribution in [1.82, 2.24) is 5.32 Å². The van der Waals surface area contributed by atoms with Gasteiger partial charge in [0.25, 0.3) is 0 Å². The molecule has 0 saturated heterocycles. The summed E-state index contributed by atoms with van der Waals surface area (Å²) >= 11 is 4.74. The molecule has 0 bridgehead atoms. The third-order valence-corrected chi connectivity index (χ3v) is 2.48. The molecule has 3 N–H and O–H groups in total. The molecule has 0 aromatic heterocycles. The predicted octanol–water partition coefficient (Wildman–Crippen LogP) is 1.23. The van der Waals surface area contributed by atoms with Crippen molar-refractivity contribution in [3.05, 3.63) is 35.9 Å². The maximum absolute atomic E-state index is 11.5. The van der Waals surface area contributed by atoms with Crippen LogP contribution >= 0.6 is 12.2 Å². The van der Waals surface area contributed by atoms with Gasteiger partial charge in [0.1, 0.15) is 0 Å². The molecular formula is C11H14N2OS. The van der Waals surface area contributed by atoms with Crippen LogP contribution in [0.3, 0.4) is 0 Å². The summed E-state index contributed by atoms with van der Waals surface area (Å²) in [5.74, 6) is -0.546.